The van der Waals surface area contributed by atoms with Crippen molar-refractivity contribution in [3.8, 4) is 23.1 Å². The maximum atomic E-state index is 13.6. The fourth-order valence-electron chi connectivity index (χ4n) is 4.35. The minimum atomic E-state index is -0.326. The molecule has 41 heavy (non-hydrogen) atoms. The highest BCUT2D eigenvalue weighted by Gasteiger charge is 2.18. The predicted molar refractivity (Wildman–Crippen MR) is 166 cm³/mol. The summed E-state index contributed by atoms with van der Waals surface area (Å²) in [6.07, 6.45) is 1.58. The van der Waals surface area contributed by atoms with E-state index in [-0.39, 0.29) is 18.0 Å². The summed E-state index contributed by atoms with van der Waals surface area (Å²) in [5.41, 5.74) is 2.36. The van der Waals surface area contributed by atoms with Gasteiger partial charge in [-0.2, -0.15) is 9.78 Å². The molecule has 0 unspecified atom stereocenters. The first-order valence-electron chi connectivity index (χ1n) is 12.4. The smallest absolute Gasteiger partial charge is 0.282 e. The summed E-state index contributed by atoms with van der Waals surface area (Å²) < 4.78 is 19.5. The Morgan fingerprint density at radius 2 is 1.83 bits per heavy atom. The van der Waals surface area contributed by atoms with E-state index < -0.39 is 0 Å². The van der Waals surface area contributed by atoms with Gasteiger partial charge < -0.3 is 13.9 Å². The summed E-state index contributed by atoms with van der Waals surface area (Å²) >= 11 is 15.8. The van der Waals surface area contributed by atoms with E-state index in [0.717, 1.165) is 16.5 Å². The number of methoxy groups -OCH3 is 1. The largest absolute Gasteiger partial charge is 0.496 e. The van der Waals surface area contributed by atoms with Crippen LogP contribution in [0.1, 0.15) is 11.1 Å². The zero-order chi connectivity index (χ0) is 28.5. The van der Waals surface area contributed by atoms with Crippen molar-refractivity contribution in [3.05, 3.63) is 121 Å². The number of furan rings is 1. The van der Waals surface area contributed by atoms with Crippen LogP contribution in [0.3, 0.4) is 0 Å². The minimum absolute atomic E-state index is 0.266. The number of ether oxygens (including phenoxy) is 2. The summed E-state index contributed by atoms with van der Waals surface area (Å²) in [4.78, 5) is 18.3. The van der Waals surface area contributed by atoms with Crippen LogP contribution in [-0.2, 0) is 6.61 Å². The molecule has 10 heteroatoms. The lowest BCUT2D eigenvalue weighted by Gasteiger charge is -2.10. The van der Waals surface area contributed by atoms with Crippen LogP contribution in [0, 0.1) is 0 Å². The molecule has 0 N–H and O–H groups in total. The van der Waals surface area contributed by atoms with Crippen molar-refractivity contribution in [3.63, 3.8) is 0 Å². The molecular formula is C31H20BrCl2N3O4. The summed E-state index contributed by atoms with van der Waals surface area (Å²) in [5.74, 6) is 1.92. The van der Waals surface area contributed by atoms with Gasteiger partial charge in [0.1, 0.15) is 23.7 Å². The second-order valence-corrected chi connectivity index (χ2v) is 10.7. The number of fused-ring (bicyclic) bond motifs is 2. The van der Waals surface area contributed by atoms with Gasteiger partial charge in [-0.3, -0.25) is 4.79 Å². The van der Waals surface area contributed by atoms with Crippen molar-refractivity contribution in [2.24, 2.45) is 5.10 Å². The van der Waals surface area contributed by atoms with Gasteiger partial charge in [-0.15, -0.1) is 0 Å². The molecule has 4 aromatic carbocycles. The standard InChI is InChI=1S/C31H20BrCl2N3O4/c1-39-26-7-4-8-27-22(26)15-29(41-27)30-36-25-6-3-2-5-21(25)31(38)37(30)35-16-18-9-12-28(23(32)13-18)40-17-19-10-11-20(33)14-24(19)34/h2-16H,17H2,1H3. The fourth-order valence-corrected chi connectivity index (χ4v) is 5.32. The molecule has 0 radical (unpaired) electrons. The molecule has 2 heterocycles. The number of nitrogens with zero attached hydrogens (tertiary/aromatic N) is 3. The van der Waals surface area contributed by atoms with Crippen LogP contribution in [0.4, 0.5) is 0 Å². The van der Waals surface area contributed by atoms with Crippen LogP contribution in [0.25, 0.3) is 33.5 Å². The van der Waals surface area contributed by atoms with Gasteiger partial charge in [0.05, 0.1) is 34.1 Å². The molecule has 2 aromatic heterocycles. The summed E-state index contributed by atoms with van der Waals surface area (Å²) in [7, 11) is 1.59. The molecule has 0 spiro atoms. The molecule has 0 aliphatic carbocycles. The average Bonchev–Trinajstić information content (AvgIpc) is 3.41. The molecule has 6 rings (SSSR count). The topological polar surface area (TPSA) is 78.9 Å². The van der Waals surface area contributed by atoms with Crippen LogP contribution in [0.15, 0.2) is 104 Å². The number of para-hydroxylation sites is 1. The Morgan fingerprint density at radius 3 is 2.63 bits per heavy atom. The molecular weight excluding hydrogens is 629 g/mol. The SMILES string of the molecule is COc1cccc2oc(-c3nc4ccccc4c(=O)n3N=Cc3ccc(OCc4ccc(Cl)cc4Cl)c(Br)c3)cc12. The first-order chi connectivity index (χ1) is 19.9. The average molecular weight is 649 g/mol. The molecule has 0 aliphatic rings. The van der Waals surface area contributed by atoms with E-state index in [0.29, 0.717) is 48.3 Å². The van der Waals surface area contributed by atoms with Gasteiger partial charge in [0.2, 0.25) is 5.82 Å². The highest BCUT2D eigenvalue weighted by Crippen LogP contribution is 2.33. The van der Waals surface area contributed by atoms with Gasteiger partial charge >= 0.3 is 0 Å². The molecule has 0 amide bonds. The van der Waals surface area contributed by atoms with Crippen LogP contribution in [-0.4, -0.2) is 23.0 Å². The summed E-state index contributed by atoms with van der Waals surface area (Å²) in [6, 6.07) is 25.2. The number of hydrogen-bond donors (Lipinski definition) is 0. The Balaban J connectivity index is 1.35. The first kappa shape index (κ1) is 27.1. The predicted octanol–water partition coefficient (Wildman–Crippen LogP) is 8.35. The maximum absolute atomic E-state index is 13.6. The molecule has 0 saturated carbocycles. The highest BCUT2D eigenvalue weighted by atomic mass is 79.9. The number of hydrogen-bond acceptors (Lipinski definition) is 6. The Labute approximate surface area is 252 Å². The van der Waals surface area contributed by atoms with Crippen molar-refractivity contribution in [2.45, 2.75) is 6.61 Å². The second kappa shape index (κ2) is 11.4. The normalized spacial score (nSPS) is 11.5. The van der Waals surface area contributed by atoms with Gasteiger partial charge in [-0.25, -0.2) is 4.98 Å². The fraction of sp³-hybridized carbons (Fsp3) is 0.0645. The van der Waals surface area contributed by atoms with E-state index in [2.05, 4.69) is 21.0 Å². The van der Waals surface area contributed by atoms with Crippen molar-refractivity contribution >= 4 is 67.2 Å². The summed E-state index contributed by atoms with van der Waals surface area (Å²) in [6.45, 7) is 0.270. The zero-order valence-corrected chi connectivity index (χ0v) is 24.6. The molecule has 7 nitrogen and oxygen atoms in total. The molecule has 0 bridgehead atoms. The maximum Gasteiger partial charge on any atom is 0.282 e. The van der Waals surface area contributed by atoms with Crippen LogP contribution in [0.5, 0.6) is 11.5 Å². The van der Waals surface area contributed by atoms with Crippen LogP contribution >= 0.6 is 39.1 Å². The molecule has 204 valence electrons. The van der Waals surface area contributed by atoms with Crippen LogP contribution < -0.4 is 15.0 Å². The first-order valence-corrected chi connectivity index (χ1v) is 14.0. The lowest BCUT2D eigenvalue weighted by atomic mass is 10.2. The molecule has 0 fully saturated rings. The van der Waals surface area contributed by atoms with Gasteiger partial charge in [0, 0.05) is 15.6 Å². The Morgan fingerprint density at radius 1 is 0.976 bits per heavy atom. The molecule has 6 aromatic rings. The van der Waals surface area contributed by atoms with Gasteiger partial charge in [-0.1, -0.05) is 47.5 Å². The number of aromatic nitrogens is 2. The summed E-state index contributed by atoms with van der Waals surface area (Å²) in [5, 5.41) is 6.83. The zero-order valence-electron chi connectivity index (χ0n) is 21.5. The monoisotopic (exact) mass is 647 g/mol. The number of benzene rings is 4. The molecule has 0 atom stereocenters. The van der Waals surface area contributed by atoms with E-state index in [1.54, 1.807) is 49.7 Å². The van der Waals surface area contributed by atoms with Gasteiger partial charge in [0.25, 0.3) is 5.56 Å². The van der Waals surface area contributed by atoms with E-state index in [9.17, 15) is 4.79 Å². The van der Waals surface area contributed by atoms with Crippen LogP contribution in [0.2, 0.25) is 10.0 Å². The van der Waals surface area contributed by atoms with Gasteiger partial charge in [-0.05, 0) is 82.2 Å². The molecule has 0 aliphatic heterocycles. The van der Waals surface area contributed by atoms with E-state index in [4.69, 9.17) is 42.1 Å². The number of rotatable bonds is 7. The van der Waals surface area contributed by atoms with Crippen molar-refractivity contribution < 1.29 is 13.9 Å². The second-order valence-electron chi connectivity index (χ2n) is 9.01. The lowest BCUT2D eigenvalue weighted by molar-refractivity contribution is 0.304. The molecule has 0 saturated heterocycles. The van der Waals surface area contributed by atoms with Gasteiger partial charge in [0.15, 0.2) is 5.76 Å². The highest BCUT2D eigenvalue weighted by molar-refractivity contribution is 9.10. The third-order valence-corrected chi connectivity index (χ3v) is 7.60. The number of halogens is 3. The third-order valence-electron chi connectivity index (χ3n) is 6.39. The minimum Gasteiger partial charge on any atom is -0.496 e. The lowest BCUT2D eigenvalue weighted by Crippen LogP contribution is -2.20. The Bertz CT molecular complexity index is 2020. The Hall–Kier alpha value is -4.11. The van der Waals surface area contributed by atoms with E-state index in [1.165, 1.54) is 4.68 Å². The van der Waals surface area contributed by atoms with E-state index in [1.807, 2.05) is 48.5 Å². The van der Waals surface area contributed by atoms with Crippen molar-refractivity contribution in [1.82, 2.24) is 9.66 Å². The Kier molecular flexibility index (Phi) is 7.53. The van der Waals surface area contributed by atoms with Crippen molar-refractivity contribution in [2.75, 3.05) is 7.11 Å². The quantitative estimate of drug-likeness (QED) is 0.163. The third kappa shape index (κ3) is 5.46. The van der Waals surface area contributed by atoms with E-state index >= 15 is 0 Å². The van der Waals surface area contributed by atoms with Crippen molar-refractivity contribution in [1.29, 1.82) is 0 Å².